The van der Waals surface area contributed by atoms with Gasteiger partial charge in [-0.15, -0.1) is 0 Å². The zero-order valence-electron chi connectivity index (χ0n) is 12.3. The summed E-state index contributed by atoms with van der Waals surface area (Å²) in [5, 5.41) is 9.77. The summed E-state index contributed by atoms with van der Waals surface area (Å²) in [7, 11) is 0. The third-order valence-corrected chi connectivity index (χ3v) is 4.45. The van der Waals surface area contributed by atoms with Crippen LogP contribution in [0.3, 0.4) is 0 Å². The number of hydrogen-bond acceptors (Lipinski definition) is 4. The molecule has 1 aliphatic carbocycles. The molecule has 1 saturated carbocycles. The molecule has 4 heteroatoms. The molecule has 0 amide bonds. The van der Waals surface area contributed by atoms with Gasteiger partial charge in [0.25, 0.3) is 0 Å². The van der Waals surface area contributed by atoms with Gasteiger partial charge in [0.05, 0.1) is 23.7 Å². The summed E-state index contributed by atoms with van der Waals surface area (Å²) < 4.78 is 0. The summed E-state index contributed by atoms with van der Waals surface area (Å²) >= 11 is 0. The maximum absolute atomic E-state index is 9.77. The fourth-order valence-corrected chi connectivity index (χ4v) is 2.85. The Bertz CT molecular complexity index is 422. The Morgan fingerprint density at radius 1 is 1.25 bits per heavy atom. The smallest absolute Gasteiger partial charge is 0.0957 e. The van der Waals surface area contributed by atoms with E-state index in [1.54, 1.807) is 0 Å². The maximum atomic E-state index is 9.77. The Balaban J connectivity index is 1.54. The Kier molecular flexibility index (Phi) is 4.22. The zero-order valence-corrected chi connectivity index (χ0v) is 12.3. The number of nitrogens with zero attached hydrogens (tertiary/aromatic N) is 3. The van der Waals surface area contributed by atoms with Crippen LogP contribution in [0.1, 0.15) is 38.0 Å². The number of aliphatic hydroxyl groups excluding tert-OH is 1. The van der Waals surface area contributed by atoms with Crippen molar-refractivity contribution in [2.45, 2.75) is 32.3 Å². The molecule has 0 spiro atoms. The van der Waals surface area contributed by atoms with E-state index in [-0.39, 0.29) is 0 Å². The minimum atomic E-state index is -0.431. The first kappa shape index (κ1) is 13.8. The van der Waals surface area contributed by atoms with Crippen LogP contribution in [0.2, 0.25) is 0 Å². The fourth-order valence-electron chi connectivity index (χ4n) is 2.85. The molecule has 1 atom stereocenters. The highest BCUT2D eigenvalue weighted by Crippen LogP contribution is 2.30. The van der Waals surface area contributed by atoms with Gasteiger partial charge in [0.1, 0.15) is 0 Å². The first-order valence-electron chi connectivity index (χ1n) is 7.87. The predicted octanol–water partition coefficient (Wildman–Crippen LogP) is 2.06. The fraction of sp³-hybridized carbons (Fsp3) is 0.688. The molecule has 1 aromatic heterocycles. The van der Waals surface area contributed by atoms with E-state index in [1.165, 1.54) is 25.1 Å². The number of hydrogen-bond donors (Lipinski definition) is 1. The largest absolute Gasteiger partial charge is 0.387 e. The molecule has 0 bridgehead atoms. The summed E-state index contributed by atoms with van der Waals surface area (Å²) in [6.07, 6.45) is 5.06. The monoisotopic (exact) mass is 275 g/mol. The third kappa shape index (κ3) is 3.30. The highest BCUT2D eigenvalue weighted by atomic mass is 16.3. The molecule has 2 heterocycles. The lowest BCUT2D eigenvalue weighted by Crippen LogP contribution is -2.47. The van der Waals surface area contributed by atoms with Crippen LogP contribution in [0, 0.1) is 5.92 Å². The van der Waals surface area contributed by atoms with Gasteiger partial charge in [0.2, 0.25) is 0 Å². The highest BCUT2D eigenvalue weighted by Gasteiger charge is 2.26. The molecule has 4 nitrogen and oxygen atoms in total. The number of rotatable bonds is 5. The van der Waals surface area contributed by atoms with Gasteiger partial charge in [-0.1, -0.05) is 6.92 Å². The van der Waals surface area contributed by atoms with Crippen LogP contribution in [0.5, 0.6) is 0 Å². The van der Waals surface area contributed by atoms with Gasteiger partial charge in [-0.2, -0.15) is 0 Å². The van der Waals surface area contributed by atoms with E-state index in [2.05, 4.69) is 20.9 Å². The molecular weight excluding hydrogens is 250 g/mol. The molecule has 3 rings (SSSR count). The minimum absolute atomic E-state index is 0.431. The topological polar surface area (TPSA) is 39.6 Å². The molecular formula is C16H25N3O. The summed E-state index contributed by atoms with van der Waals surface area (Å²) in [4.78, 5) is 9.39. The van der Waals surface area contributed by atoms with Crippen molar-refractivity contribution >= 4 is 5.69 Å². The molecule has 0 unspecified atom stereocenters. The van der Waals surface area contributed by atoms with Crippen LogP contribution >= 0.6 is 0 Å². The minimum Gasteiger partial charge on any atom is -0.387 e. The third-order valence-electron chi connectivity index (χ3n) is 4.45. The van der Waals surface area contributed by atoms with E-state index < -0.39 is 6.10 Å². The number of aromatic nitrogens is 1. The number of aliphatic hydroxyl groups is 1. The molecule has 1 N–H and O–H groups in total. The Morgan fingerprint density at radius 3 is 2.55 bits per heavy atom. The van der Waals surface area contributed by atoms with Crippen LogP contribution < -0.4 is 4.90 Å². The van der Waals surface area contributed by atoms with Crippen molar-refractivity contribution in [2.75, 3.05) is 37.6 Å². The highest BCUT2D eigenvalue weighted by molar-refractivity contribution is 5.45. The number of pyridine rings is 1. The summed E-state index contributed by atoms with van der Waals surface area (Å²) in [5.41, 5.74) is 1.96. The summed E-state index contributed by atoms with van der Waals surface area (Å²) in [6, 6.07) is 4.05. The van der Waals surface area contributed by atoms with Crippen molar-refractivity contribution < 1.29 is 5.11 Å². The SMILES string of the molecule is CC[C@@H](O)c1ccc(N2CCN(CC3CC3)CC2)cn1. The zero-order chi connectivity index (χ0) is 13.9. The van der Waals surface area contributed by atoms with Crippen LogP contribution in [0.4, 0.5) is 5.69 Å². The van der Waals surface area contributed by atoms with Gasteiger partial charge in [-0.25, -0.2) is 0 Å². The Labute approximate surface area is 121 Å². The number of piperazine rings is 1. The molecule has 110 valence electrons. The summed E-state index contributed by atoms with van der Waals surface area (Å²) in [5.74, 6) is 0.984. The van der Waals surface area contributed by atoms with Crippen molar-refractivity contribution in [3.63, 3.8) is 0 Å². The van der Waals surface area contributed by atoms with Crippen LogP contribution in [-0.2, 0) is 0 Å². The lowest BCUT2D eigenvalue weighted by molar-refractivity contribution is 0.169. The van der Waals surface area contributed by atoms with Crippen LogP contribution in [0.15, 0.2) is 18.3 Å². The normalized spacial score (nSPS) is 22.0. The van der Waals surface area contributed by atoms with Crippen molar-refractivity contribution in [2.24, 2.45) is 5.92 Å². The van der Waals surface area contributed by atoms with Crippen molar-refractivity contribution in [1.29, 1.82) is 0 Å². The lowest BCUT2D eigenvalue weighted by Gasteiger charge is -2.36. The van der Waals surface area contributed by atoms with Crippen LogP contribution in [0.25, 0.3) is 0 Å². The van der Waals surface area contributed by atoms with Gasteiger partial charge < -0.3 is 10.0 Å². The second-order valence-corrected chi connectivity index (χ2v) is 6.10. The van der Waals surface area contributed by atoms with Crippen molar-refractivity contribution in [3.8, 4) is 0 Å². The quantitative estimate of drug-likeness (QED) is 0.893. The second kappa shape index (κ2) is 6.10. The average Bonchev–Trinajstić information content (AvgIpc) is 3.31. The predicted molar refractivity (Wildman–Crippen MR) is 80.9 cm³/mol. The van der Waals surface area contributed by atoms with Gasteiger partial charge in [-0.05, 0) is 37.3 Å². The molecule has 1 saturated heterocycles. The van der Waals surface area contributed by atoms with Gasteiger partial charge in [0, 0.05) is 32.7 Å². The molecule has 2 fully saturated rings. The van der Waals surface area contributed by atoms with E-state index in [0.717, 1.165) is 37.8 Å². The maximum Gasteiger partial charge on any atom is 0.0957 e. The molecule has 20 heavy (non-hydrogen) atoms. The van der Waals surface area contributed by atoms with Gasteiger partial charge in [0.15, 0.2) is 0 Å². The van der Waals surface area contributed by atoms with E-state index >= 15 is 0 Å². The van der Waals surface area contributed by atoms with Crippen molar-refractivity contribution in [1.82, 2.24) is 9.88 Å². The van der Waals surface area contributed by atoms with Gasteiger partial charge >= 0.3 is 0 Å². The molecule has 2 aliphatic rings. The Hall–Kier alpha value is -1.13. The van der Waals surface area contributed by atoms with Crippen molar-refractivity contribution in [3.05, 3.63) is 24.0 Å². The van der Waals surface area contributed by atoms with Gasteiger partial charge in [-0.3, -0.25) is 9.88 Å². The van der Waals surface area contributed by atoms with E-state index in [1.807, 2.05) is 19.2 Å². The number of anilines is 1. The Morgan fingerprint density at radius 2 is 2.00 bits per heavy atom. The molecule has 0 aromatic carbocycles. The van der Waals surface area contributed by atoms with Crippen LogP contribution in [-0.4, -0.2) is 47.7 Å². The standard InChI is InChI=1S/C16H25N3O/c1-2-16(20)15-6-5-14(11-17-15)19-9-7-18(8-10-19)12-13-3-4-13/h5-6,11,13,16,20H,2-4,7-10,12H2,1H3/t16-/m1/s1. The van der Waals surface area contributed by atoms with E-state index in [9.17, 15) is 5.11 Å². The molecule has 1 aromatic rings. The second-order valence-electron chi connectivity index (χ2n) is 6.10. The van der Waals surface area contributed by atoms with E-state index in [0.29, 0.717) is 6.42 Å². The molecule has 0 radical (unpaired) electrons. The summed E-state index contributed by atoms with van der Waals surface area (Å²) in [6.45, 7) is 7.77. The van der Waals surface area contributed by atoms with E-state index in [4.69, 9.17) is 0 Å². The first-order chi connectivity index (χ1) is 9.76. The lowest BCUT2D eigenvalue weighted by atomic mass is 10.2. The molecule has 1 aliphatic heterocycles. The first-order valence-corrected chi connectivity index (χ1v) is 7.87. The average molecular weight is 275 g/mol.